The second-order valence-corrected chi connectivity index (χ2v) is 3.40. The minimum Gasteiger partial charge on any atom is -0.384 e. The third-order valence-corrected chi connectivity index (χ3v) is 2.23. The summed E-state index contributed by atoms with van der Waals surface area (Å²) in [7, 11) is 2.12. The lowest BCUT2D eigenvalue weighted by atomic mass is 10.1. The van der Waals surface area contributed by atoms with E-state index >= 15 is 0 Å². The van der Waals surface area contributed by atoms with Crippen LogP contribution >= 0.6 is 0 Å². The van der Waals surface area contributed by atoms with E-state index < -0.39 is 0 Å². The number of likely N-dealkylation sites (N-methyl/N-ethyl adjacent to an activating group) is 1. The first-order chi connectivity index (χ1) is 6.77. The zero-order valence-electron chi connectivity index (χ0n) is 8.79. The lowest BCUT2D eigenvalue weighted by Gasteiger charge is -2.12. The SMILES string of the molecule is C=C/C=C\C1=C(C=C)NCCN(C)C1. The van der Waals surface area contributed by atoms with Gasteiger partial charge in [0.05, 0.1) is 0 Å². The highest BCUT2D eigenvalue weighted by Gasteiger charge is 2.09. The number of nitrogens with one attached hydrogen (secondary N) is 1. The fourth-order valence-electron chi connectivity index (χ4n) is 1.48. The van der Waals surface area contributed by atoms with Gasteiger partial charge in [0.15, 0.2) is 0 Å². The van der Waals surface area contributed by atoms with Crippen molar-refractivity contribution in [3.05, 3.63) is 48.7 Å². The van der Waals surface area contributed by atoms with Crippen LogP contribution in [0.4, 0.5) is 0 Å². The lowest BCUT2D eigenvalue weighted by Crippen LogP contribution is -2.24. The Morgan fingerprint density at radius 2 is 2.21 bits per heavy atom. The van der Waals surface area contributed by atoms with Gasteiger partial charge >= 0.3 is 0 Å². The van der Waals surface area contributed by atoms with Crippen molar-refractivity contribution in [2.45, 2.75) is 0 Å². The van der Waals surface area contributed by atoms with Crippen molar-refractivity contribution < 1.29 is 0 Å². The fraction of sp³-hybridized carbons (Fsp3) is 0.333. The van der Waals surface area contributed by atoms with Crippen LogP contribution in [0.25, 0.3) is 0 Å². The Hall–Kier alpha value is -1.28. The highest BCUT2D eigenvalue weighted by Crippen LogP contribution is 2.09. The molecule has 0 aromatic heterocycles. The van der Waals surface area contributed by atoms with Crippen LogP contribution in [0.15, 0.2) is 48.7 Å². The van der Waals surface area contributed by atoms with Crippen LogP contribution in [-0.2, 0) is 0 Å². The lowest BCUT2D eigenvalue weighted by molar-refractivity contribution is 0.376. The standard InChI is InChI=1S/C12H18N2/c1-4-6-7-11-10-14(3)9-8-13-12(11)5-2/h4-7,13H,1-2,8-10H2,3H3/b7-6-. The second kappa shape index (κ2) is 5.45. The van der Waals surface area contributed by atoms with Crippen molar-refractivity contribution in [3.8, 4) is 0 Å². The molecule has 0 fully saturated rings. The highest BCUT2D eigenvalue weighted by atomic mass is 15.1. The first-order valence-corrected chi connectivity index (χ1v) is 4.85. The monoisotopic (exact) mass is 190 g/mol. The Balaban J connectivity index is 2.87. The van der Waals surface area contributed by atoms with E-state index in [1.54, 1.807) is 6.08 Å². The molecule has 0 saturated carbocycles. The zero-order valence-corrected chi connectivity index (χ0v) is 8.79. The van der Waals surface area contributed by atoms with E-state index in [4.69, 9.17) is 0 Å². The molecule has 2 nitrogen and oxygen atoms in total. The summed E-state index contributed by atoms with van der Waals surface area (Å²) >= 11 is 0. The molecule has 0 atom stereocenters. The second-order valence-electron chi connectivity index (χ2n) is 3.40. The van der Waals surface area contributed by atoms with E-state index in [2.05, 4.69) is 36.5 Å². The van der Waals surface area contributed by atoms with Gasteiger partial charge in [-0.1, -0.05) is 31.4 Å². The van der Waals surface area contributed by atoms with Crippen molar-refractivity contribution in [2.75, 3.05) is 26.7 Å². The topological polar surface area (TPSA) is 15.3 Å². The molecule has 76 valence electrons. The largest absolute Gasteiger partial charge is 0.384 e. The molecule has 0 radical (unpaired) electrons. The number of nitrogens with zero attached hydrogens (tertiary/aromatic N) is 1. The van der Waals surface area contributed by atoms with E-state index in [1.165, 1.54) is 5.57 Å². The zero-order chi connectivity index (χ0) is 10.4. The molecule has 0 saturated heterocycles. The van der Waals surface area contributed by atoms with E-state index in [0.717, 1.165) is 25.3 Å². The van der Waals surface area contributed by atoms with Crippen molar-refractivity contribution in [3.63, 3.8) is 0 Å². The average molecular weight is 190 g/mol. The fourth-order valence-corrected chi connectivity index (χ4v) is 1.48. The van der Waals surface area contributed by atoms with Gasteiger partial charge in [-0.05, 0) is 18.7 Å². The molecule has 0 spiro atoms. The minimum atomic E-state index is 0.957. The Kier molecular flexibility index (Phi) is 4.20. The summed E-state index contributed by atoms with van der Waals surface area (Å²) < 4.78 is 0. The Morgan fingerprint density at radius 3 is 2.86 bits per heavy atom. The van der Waals surface area contributed by atoms with Crippen molar-refractivity contribution in [2.24, 2.45) is 0 Å². The highest BCUT2D eigenvalue weighted by molar-refractivity contribution is 5.34. The molecule has 2 heteroatoms. The third kappa shape index (κ3) is 2.89. The molecule has 0 aliphatic carbocycles. The summed E-state index contributed by atoms with van der Waals surface area (Å²) in [5, 5.41) is 3.36. The Bertz CT molecular complexity index is 274. The molecule has 1 N–H and O–H groups in total. The molecule has 1 aliphatic rings. The van der Waals surface area contributed by atoms with E-state index in [-0.39, 0.29) is 0 Å². The van der Waals surface area contributed by atoms with Crippen molar-refractivity contribution >= 4 is 0 Å². The molecule has 1 rings (SSSR count). The number of hydrogen-bond donors (Lipinski definition) is 1. The maximum absolute atomic E-state index is 3.81. The van der Waals surface area contributed by atoms with Gasteiger partial charge in [0.1, 0.15) is 0 Å². The van der Waals surface area contributed by atoms with Gasteiger partial charge in [0, 0.05) is 25.3 Å². The number of hydrogen-bond acceptors (Lipinski definition) is 2. The summed E-state index contributed by atoms with van der Waals surface area (Å²) in [5.74, 6) is 0. The van der Waals surface area contributed by atoms with E-state index in [9.17, 15) is 0 Å². The first kappa shape index (κ1) is 10.8. The van der Waals surface area contributed by atoms with Gasteiger partial charge in [-0.15, -0.1) is 0 Å². The molecule has 0 bridgehead atoms. The minimum absolute atomic E-state index is 0.957. The number of allylic oxidation sites excluding steroid dienone is 3. The van der Waals surface area contributed by atoms with Gasteiger partial charge in [-0.2, -0.15) is 0 Å². The Labute approximate surface area is 86.3 Å². The maximum atomic E-state index is 3.81. The number of rotatable bonds is 3. The van der Waals surface area contributed by atoms with Crippen LogP contribution in [0.5, 0.6) is 0 Å². The van der Waals surface area contributed by atoms with Gasteiger partial charge in [-0.3, -0.25) is 0 Å². The molecule has 1 aliphatic heterocycles. The molecule has 14 heavy (non-hydrogen) atoms. The van der Waals surface area contributed by atoms with Gasteiger partial charge in [0.2, 0.25) is 0 Å². The predicted molar refractivity (Wildman–Crippen MR) is 62.1 cm³/mol. The average Bonchev–Trinajstić information content (AvgIpc) is 2.36. The van der Waals surface area contributed by atoms with Crippen LogP contribution in [0.3, 0.4) is 0 Å². The quantitative estimate of drug-likeness (QED) is 0.681. The third-order valence-electron chi connectivity index (χ3n) is 2.23. The van der Waals surface area contributed by atoms with Crippen LogP contribution in [0.2, 0.25) is 0 Å². The van der Waals surface area contributed by atoms with Gasteiger partial charge in [-0.25, -0.2) is 0 Å². The van der Waals surface area contributed by atoms with Crippen molar-refractivity contribution in [1.82, 2.24) is 10.2 Å². The van der Waals surface area contributed by atoms with E-state index in [1.807, 2.05) is 12.2 Å². The normalized spacial score (nSPS) is 19.2. The summed E-state index contributed by atoms with van der Waals surface area (Å²) in [5.41, 5.74) is 2.40. The maximum Gasteiger partial charge on any atom is 0.0380 e. The van der Waals surface area contributed by atoms with Crippen LogP contribution in [0.1, 0.15) is 0 Å². The van der Waals surface area contributed by atoms with Crippen molar-refractivity contribution in [1.29, 1.82) is 0 Å². The molecule has 0 aromatic carbocycles. The predicted octanol–water partition coefficient (Wildman–Crippen LogP) is 1.70. The van der Waals surface area contributed by atoms with Crippen LogP contribution in [0, 0.1) is 0 Å². The van der Waals surface area contributed by atoms with E-state index in [0.29, 0.717) is 0 Å². The molecular weight excluding hydrogens is 172 g/mol. The summed E-state index contributed by atoms with van der Waals surface area (Å²) in [6.45, 7) is 10.5. The smallest absolute Gasteiger partial charge is 0.0380 e. The van der Waals surface area contributed by atoms with Crippen LogP contribution in [-0.4, -0.2) is 31.6 Å². The molecule has 1 heterocycles. The Morgan fingerprint density at radius 1 is 1.43 bits per heavy atom. The molecule has 0 aromatic rings. The van der Waals surface area contributed by atoms with Crippen LogP contribution < -0.4 is 5.32 Å². The summed E-state index contributed by atoms with van der Waals surface area (Å²) in [4.78, 5) is 2.28. The molecular formula is C12H18N2. The molecule has 0 unspecified atom stereocenters. The molecule has 0 amide bonds. The summed E-state index contributed by atoms with van der Waals surface area (Å²) in [6, 6.07) is 0. The summed E-state index contributed by atoms with van der Waals surface area (Å²) in [6.07, 6.45) is 7.71. The van der Waals surface area contributed by atoms with Gasteiger partial charge in [0.25, 0.3) is 0 Å². The first-order valence-electron chi connectivity index (χ1n) is 4.85. The van der Waals surface area contributed by atoms with Gasteiger partial charge < -0.3 is 10.2 Å².